The van der Waals surface area contributed by atoms with Crippen LogP contribution >= 0.6 is 11.8 Å². The topological polar surface area (TPSA) is 20.2 Å². The Kier molecular flexibility index (Phi) is 3.48. The molecule has 0 aromatic heterocycles. The van der Waals surface area contributed by atoms with Crippen LogP contribution in [0.3, 0.4) is 0 Å². The summed E-state index contributed by atoms with van der Waals surface area (Å²) in [5.41, 5.74) is 0. The van der Waals surface area contributed by atoms with E-state index in [2.05, 4.69) is 13.8 Å². The van der Waals surface area contributed by atoms with Crippen molar-refractivity contribution in [2.45, 2.75) is 18.7 Å². The zero-order valence-electron chi connectivity index (χ0n) is 7.45. The molecule has 66 valence electrons. The third-order valence-corrected chi connectivity index (χ3v) is 2.93. The van der Waals surface area contributed by atoms with Crippen LogP contribution in [0, 0.1) is 5.92 Å². The van der Waals surface area contributed by atoms with Crippen molar-refractivity contribution >= 4 is 11.8 Å². The molecule has 1 nitrogen and oxygen atoms in total. The monoisotopic (exact) mass is 182 g/mol. The summed E-state index contributed by atoms with van der Waals surface area (Å²) in [4.78, 5) is 0.978. The minimum absolute atomic E-state index is 0.392. The Hall–Kier alpha value is -0.630. The largest absolute Gasteiger partial charge is 0.507 e. The molecule has 0 radical (unpaired) electrons. The molecule has 2 heteroatoms. The highest BCUT2D eigenvalue weighted by atomic mass is 32.2. The number of aromatic hydroxyl groups is 1. The Morgan fingerprint density at radius 3 is 2.58 bits per heavy atom. The van der Waals surface area contributed by atoms with Gasteiger partial charge in [-0.3, -0.25) is 0 Å². The van der Waals surface area contributed by atoms with Crippen molar-refractivity contribution in [1.82, 2.24) is 0 Å². The van der Waals surface area contributed by atoms with Gasteiger partial charge in [0.05, 0.1) is 0 Å². The van der Waals surface area contributed by atoms with Crippen molar-refractivity contribution in [2.75, 3.05) is 5.75 Å². The molecule has 1 N–H and O–H groups in total. The molecule has 12 heavy (non-hydrogen) atoms. The molecule has 0 aliphatic rings. The Labute approximate surface area is 77.8 Å². The first-order valence-corrected chi connectivity index (χ1v) is 5.09. The van der Waals surface area contributed by atoms with Crippen molar-refractivity contribution in [3.8, 4) is 5.75 Å². The lowest BCUT2D eigenvalue weighted by Crippen LogP contribution is -1.89. The molecule has 0 saturated heterocycles. The summed E-state index contributed by atoms with van der Waals surface area (Å²) < 4.78 is 0. The van der Waals surface area contributed by atoms with E-state index in [1.807, 2.05) is 18.2 Å². The molecule has 1 rings (SSSR count). The number of para-hydroxylation sites is 1. The van der Waals surface area contributed by atoms with Gasteiger partial charge < -0.3 is 5.11 Å². The van der Waals surface area contributed by atoms with E-state index in [1.165, 1.54) is 0 Å². The number of thioether (sulfide) groups is 1. The van der Waals surface area contributed by atoms with E-state index < -0.39 is 0 Å². The van der Waals surface area contributed by atoms with Crippen molar-refractivity contribution in [3.05, 3.63) is 24.3 Å². The van der Waals surface area contributed by atoms with Crippen molar-refractivity contribution in [1.29, 1.82) is 0 Å². The SMILES string of the molecule is CC(C)CSc1ccccc1O. The molecule has 0 unspecified atom stereocenters. The maximum Gasteiger partial charge on any atom is 0.129 e. The first kappa shape index (κ1) is 9.46. The molecule has 1 aromatic carbocycles. The summed E-state index contributed by atoms with van der Waals surface area (Å²) in [5.74, 6) is 2.11. The van der Waals surface area contributed by atoms with Crippen molar-refractivity contribution < 1.29 is 5.11 Å². The number of hydrogen-bond donors (Lipinski definition) is 1. The van der Waals surface area contributed by atoms with Gasteiger partial charge >= 0.3 is 0 Å². The molecule has 0 amide bonds. The molecule has 0 aliphatic carbocycles. The van der Waals surface area contributed by atoms with Gasteiger partial charge in [0.25, 0.3) is 0 Å². The smallest absolute Gasteiger partial charge is 0.129 e. The fraction of sp³-hybridized carbons (Fsp3) is 0.400. The Balaban J connectivity index is 2.57. The first-order valence-electron chi connectivity index (χ1n) is 4.11. The van der Waals surface area contributed by atoms with Gasteiger partial charge in [-0.25, -0.2) is 0 Å². The average molecular weight is 182 g/mol. The number of phenols is 1. The third-order valence-electron chi connectivity index (χ3n) is 1.44. The summed E-state index contributed by atoms with van der Waals surface area (Å²) in [7, 11) is 0. The summed E-state index contributed by atoms with van der Waals surface area (Å²) >= 11 is 1.71. The van der Waals surface area contributed by atoms with Crippen LogP contribution in [0.15, 0.2) is 29.2 Å². The van der Waals surface area contributed by atoms with Crippen LogP contribution in [-0.2, 0) is 0 Å². The Bertz CT molecular complexity index is 245. The van der Waals surface area contributed by atoms with E-state index >= 15 is 0 Å². The van der Waals surface area contributed by atoms with Crippen LogP contribution in [-0.4, -0.2) is 10.9 Å². The predicted octanol–water partition coefficient (Wildman–Crippen LogP) is 3.14. The van der Waals surface area contributed by atoms with E-state index in [0.29, 0.717) is 11.7 Å². The molecule has 0 heterocycles. The highest BCUT2D eigenvalue weighted by molar-refractivity contribution is 7.99. The fourth-order valence-corrected chi connectivity index (χ4v) is 1.74. The molecule has 0 atom stereocenters. The number of rotatable bonds is 3. The summed E-state index contributed by atoms with van der Waals surface area (Å²) in [6, 6.07) is 7.46. The molecule has 0 spiro atoms. The lowest BCUT2D eigenvalue weighted by atomic mass is 10.3. The van der Waals surface area contributed by atoms with Crippen LogP contribution in [0.5, 0.6) is 5.75 Å². The van der Waals surface area contributed by atoms with Crippen LogP contribution in [0.25, 0.3) is 0 Å². The minimum Gasteiger partial charge on any atom is -0.507 e. The van der Waals surface area contributed by atoms with Crippen LogP contribution in [0.4, 0.5) is 0 Å². The molecular formula is C10H14OS. The van der Waals surface area contributed by atoms with Gasteiger partial charge in [0, 0.05) is 10.6 Å². The number of hydrogen-bond acceptors (Lipinski definition) is 2. The maximum absolute atomic E-state index is 9.40. The fourth-order valence-electron chi connectivity index (χ4n) is 0.836. The van der Waals surface area contributed by atoms with Gasteiger partial charge in [-0.15, -0.1) is 11.8 Å². The predicted molar refractivity (Wildman–Crippen MR) is 53.7 cm³/mol. The third kappa shape index (κ3) is 2.78. The quantitative estimate of drug-likeness (QED) is 0.725. The maximum atomic E-state index is 9.40. The van der Waals surface area contributed by atoms with E-state index in [4.69, 9.17) is 0 Å². The second kappa shape index (κ2) is 4.41. The van der Waals surface area contributed by atoms with E-state index in [1.54, 1.807) is 17.8 Å². The molecule has 0 fully saturated rings. The highest BCUT2D eigenvalue weighted by Crippen LogP contribution is 2.28. The van der Waals surface area contributed by atoms with Crippen molar-refractivity contribution in [3.63, 3.8) is 0 Å². The molecule has 0 bridgehead atoms. The van der Waals surface area contributed by atoms with E-state index in [9.17, 15) is 5.11 Å². The van der Waals surface area contributed by atoms with Gasteiger partial charge in [-0.2, -0.15) is 0 Å². The van der Waals surface area contributed by atoms with Gasteiger partial charge in [-0.05, 0) is 18.1 Å². The number of benzene rings is 1. The van der Waals surface area contributed by atoms with Crippen molar-refractivity contribution in [2.24, 2.45) is 5.92 Å². The zero-order valence-corrected chi connectivity index (χ0v) is 8.27. The lowest BCUT2D eigenvalue weighted by molar-refractivity contribution is 0.462. The highest BCUT2D eigenvalue weighted by Gasteiger charge is 2.00. The van der Waals surface area contributed by atoms with Gasteiger partial charge in [0.1, 0.15) is 5.75 Å². The Morgan fingerprint density at radius 1 is 1.33 bits per heavy atom. The number of phenolic OH excluding ortho intramolecular Hbond substituents is 1. The standard InChI is InChI=1S/C10H14OS/c1-8(2)7-12-10-6-4-3-5-9(10)11/h3-6,8,11H,7H2,1-2H3. The normalized spacial score (nSPS) is 10.6. The van der Waals surface area contributed by atoms with E-state index in [-0.39, 0.29) is 0 Å². The zero-order chi connectivity index (χ0) is 8.97. The second-order valence-corrected chi connectivity index (χ2v) is 4.23. The molecule has 0 aliphatic heterocycles. The molecule has 1 aromatic rings. The summed E-state index contributed by atoms with van der Waals surface area (Å²) in [6.45, 7) is 4.35. The van der Waals surface area contributed by atoms with Gasteiger partial charge in [0.15, 0.2) is 0 Å². The first-order chi connectivity index (χ1) is 5.70. The second-order valence-electron chi connectivity index (χ2n) is 3.17. The summed E-state index contributed by atoms with van der Waals surface area (Å²) in [5, 5.41) is 9.40. The minimum atomic E-state index is 0.392. The van der Waals surface area contributed by atoms with Gasteiger partial charge in [0.2, 0.25) is 0 Å². The van der Waals surface area contributed by atoms with Crippen LogP contribution in [0.1, 0.15) is 13.8 Å². The average Bonchev–Trinajstić information content (AvgIpc) is 2.03. The Morgan fingerprint density at radius 2 is 2.00 bits per heavy atom. The molecular weight excluding hydrogens is 168 g/mol. The van der Waals surface area contributed by atoms with Crippen LogP contribution < -0.4 is 0 Å². The lowest BCUT2D eigenvalue weighted by Gasteiger charge is -2.05. The molecule has 0 saturated carbocycles. The van der Waals surface area contributed by atoms with Gasteiger partial charge in [-0.1, -0.05) is 26.0 Å². The van der Waals surface area contributed by atoms with E-state index in [0.717, 1.165) is 10.6 Å². The summed E-state index contributed by atoms with van der Waals surface area (Å²) in [6.07, 6.45) is 0. The van der Waals surface area contributed by atoms with Crippen LogP contribution in [0.2, 0.25) is 0 Å².